The molecule has 1 aromatic heterocycles. The minimum atomic E-state index is -0.269. The molecule has 0 aliphatic carbocycles. The average Bonchev–Trinajstić information content (AvgIpc) is 2.73. The lowest BCUT2D eigenvalue weighted by Gasteiger charge is -2.10. The maximum absolute atomic E-state index is 15.1. The second-order valence-corrected chi connectivity index (χ2v) is 8.11. The van der Waals surface area contributed by atoms with Gasteiger partial charge in [-0.05, 0) is 60.1 Å². The van der Waals surface area contributed by atoms with Gasteiger partial charge < -0.3 is 4.42 Å². The Morgan fingerprint density at radius 3 is 2.31 bits per heavy atom. The number of fused-ring (bicyclic) bond motifs is 3. The van der Waals surface area contributed by atoms with Crippen LogP contribution in [0, 0.1) is 17.4 Å². The van der Waals surface area contributed by atoms with E-state index in [2.05, 4.69) is 44.2 Å². The molecule has 0 amide bonds. The highest BCUT2D eigenvalue weighted by molar-refractivity contribution is 7.71. The molecule has 29 heavy (non-hydrogen) atoms. The van der Waals surface area contributed by atoms with Crippen LogP contribution in [-0.4, -0.2) is 0 Å². The Balaban J connectivity index is 1.78. The van der Waals surface area contributed by atoms with Gasteiger partial charge in [0.05, 0.1) is 0 Å². The Bertz CT molecular complexity index is 1220. The lowest BCUT2D eigenvalue weighted by Crippen LogP contribution is -1.94. The van der Waals surface area contributed by atoms with Crippen molar-refractivity contribution in [3.8, 4) is 11.1 Å². The first-order chi connectivity index (χ1) is 14.1. The van der Waals surface area contributed by atoms with Crippen molar-refractivity contribution in [1.29, 1.82) is 0 Å². The van der Waals surface area contributed by atoms with E-state index in [1.807, 2.05) is 24.3 Å². The molecule has 1 nitrogen and oxygen atoms in total. The van der Waals surface area contributed by atoms with E-state index >= 15 is 4.39 Å². The lowest BCUT2D eigenvalue weighted by atomic mass is 9.98. The Kier molecular flexibility index (Phi) is 5.77. The first-order valence-electron chi connectivity index (χ1n) is 10.3. The van der Waals surface area contributed by atoms with Crippen molar-refractivity contribution in [1.82, 2.24) is 0 Å². The van der Waals surface area contributed by atoms with E-state index in [0.717, 1.165) is 46.5 Å². The first kappa shape index (κ1) is 19.8. The highest BCUT2D eigenvalue weighted by Gasteiger charge is 2.14. The van der Waals surface area contributed by atoms with Crippen LogP contribution in [0.5, 0.6) is 0 Å². The zero-order valence-electron chi connectivity index (χ0n) is 16.9. The van der Waals surface area contributed by atoms with Gasteiger partial charge in [0.15, 0.2) is 16.1 Å². The molecule has 0 radical (unpaired) electrons. The molecule has 4 rings (SSSR count). The molecule has 0 aliphatic heterocycles. The molecule has 0 atom stereocenters. The van der Waals surface area contributed by atoms with Crippen LogP contribution in [-0.2, 0) is 6.42 Å². The monoisotopic (exact) mass is 404 g/mol. The van der Waals surface area contributed by atoms with Gasteiger partial charge in [-0.1, -0.05) is 80.3 Å². The summed E-state index contributed by atoms with van der Waals surface area (Å²) < 4.78 is 21.3. The van der Waals surface area contributed by atoms with Gasteiger partial charge in [-0.15, -0.1) is 0 Å². The van der Waals surface area contributed by atoms with Crippen molar-refractivity contribution in [2.45, 2.75) is 46.0 Å². The number of hydrogen-bond donors (Lipinski definition) is 0. The van der Waals surface area contributed by atoms with Crippen molar-refractivity contribution < 1.29 is 8.81 Å². The van der Waals surface area contributed by atoms with Crippen LogP contribution < -0.4 is 0 Å². The predicted molar refractivity (Wildman–Crippen MR) is 123 cm³/mol. The summed E-state index contributed by atoms with van der Waals surface area (Å²) in [6.07, 6.45) is 5.20. The van der Waals surface area contributed by atoms with Gasteiger partial charge in [0.25, 0.3) is 0 Å². The molecule has 0 spiro atoms. The quantitative estimate of drug-likeness (QED) is 0.181. The minimum Gasteiger partial charge on any atom is -0.441 e. The van der Waals surface area contributed by atoms with Crippen molar-refractivity contribution in [2.75, 3.05) is 0 Å². The number of hydrogen-bond acceptors (Lipinski definition) is 2. The number of aryl methyl sites for hydroxylation is 2. The van der Waals surface area contributed by atoms with Gasteiger partial charge in [-0.2, -0.15) is 0 Å². The normalized spacial score (nSPS) is 11.4. The van der Waals surface area contributed by atoms with Crippen LogP contribution in [0.25, 0.3) is 32.9 Å². The number of rotatable bonds is 6. The molecule has 0 saturated carbocycles. The average molecular weight is 405 g/mol. The molecule has 0 bridgehead atoms. The standard InChI is InChI=1S/C26H25FOS/c1-3-4-5-6-7-19-12-15-22-21-14-13-20(18-10-8-17(2)9-11-18)16-23(21)26(29)28-25(22)24(19)27/h8-16H,3-7H2,1-2H3. The summed E-state index contributed by atoms with van der Waals surface area (Å²) in [4.78, 5) is 0. The molecule has 0 unspecified atom stereocenters. The third-order valence-electron chi connectivity index (χ3n) is 5.59. The molecule has 0 fully saturated rings. The zero-order valence-corrected chi connectivity index (χ0v) is 17.7. The summed E-state index contributed by atoms with van der Waals surface area (Å²) in [5.41, 5.74) is 4.41. The fourth-order valence-electron chi connectivity index (χ4n) is 3.87. The Hall–Kier alpha value is -2.52. The molecule has 4 aromatic rings. The van der Waals surface area contributed by atoms with E-state index in [1.54, 1.807) is 0 Å². The van der Waals surface area contributed by atoms with Gasteiger partial charge in [0.1, 0.15) is 0 Å². The molecule has 3 heteroatoms. The van der Waals surface area contributed by atoms with E-state index < -0.39 is 0 Å². The Morgan fingerprint density at radius 2 is 1.55 bits per heavy atom. The van der Waals surface area contributed by atoms with Crippen LogP contribution in [0.4, 0.5) is 4.39 Å². The lowest BCUT2D eigenvalue weighted by molar-refractivity contribution is 0.535. The van der Waals surface area contributed by atoms with Gasteiger partial charge in [0.2, 0.25) is 0 Å². The molecule has 0 saturated heterocycles. The van der Waals surface area contributed by atoms with Crippen molar-refractivity contribution in [2.24, 2.45) is 0 Å². The van der Waals surface area contributed by atoms with Gasteiger partial charge in [0, 0.05) is 10.8 Å². The second kappa shape index (κ2) is 8.46. The molecular weight excluding hydrogens is 379 g/mol. The first-order valence-corrected chi connectivity index (χ1v) is 10.7. The smallest absolute Gasteiger partial charge is 0.198 e. The van der Waals surface area contributed by atoms with Gasteiger partial charge in [-0.25, -0.2) is 4.39 Å². The summed E-state index contributed by atoms with van der Waals surface area (Å²) in [6, 6.07) is 18.4. The molecule has 148 valence electrons. The summed E-state index contributed by atoms with van der Waals surface area (Å²) in [6.45, 7) is 4.25. The van der Waals surface area contributed by atoms with Crippen molar-refractivity contribution in [3.63, 3.8) is 0 Å². The number of benzene rings is 3. The van der Waals surface area contributed by atoms with Crippen LogP contribution in [0.15, 0.2) is 59.0 Å². The third kappa shape index (κ3) is 3.97. The van der Waals surface area contributed by atoms with Gasteiger partial charge >= 0.3 is 0 Å². The van der Waals surface area contributed by atoms with Crippen LogP contribution in [0.2, 0.25) is 0 Å². The molecule has 0 aliphatic rings. The Labute approximate surface area is 176 Å². The molecule has 1 heterocycles. The number of halogens is 1. The Morgan fingerprint density at radius 1 is 0.828 bits per heavy atom. The van der Waals surface area contributed by atoms with Gasteiger partial charge in [-0.3, -0.25) is 0 Å². The van der Waals surface area contributed by atoms with Crippen molar-refractivity contribution >= 4 is 34.0 Å². The maximum Gasteiger partial charge on any atom is 0.198 e. The van der Waals surface area contributed by atoms with E-state index in [0.29, 0.717) is 10.3 Å². The maximum atomic E-state index is 15.1. The predicted octanol–water partition coefficient (Wildman–Crippen LogP) is 8.55. The fourth-order valence-corrected chi connectivity index (χ4v) is 4.12. The molecule has 0 N–H and O–H groups in total. The summed E-state index contributed by atoms with van der Waals surface area (Å²) in [5, 5.41) is 2.56. The summed E-state index contributed by atoms with van der Waals surface area (Å²) >= 11 is 5.50. The van der Waals surface area contributed by atoms with E-state index in [9.17, 15) is 0 Å². The van der Waals surface area contributed by atoms with E-state index in [1.165, 1.54) is 18.4 Å². The third-order valence-corrected chi connectivity index (χ3v) is 5.89. The fraction of sp³-hybridized carbons (Fsp3) is 0.269. The van der Waals surface area contributed by atoms with E-state index in [-0.39, 0.29) is 11.4 Å². The molecule has 3 aromatic carbocycles. The zero-order chi connectivity index (χ0) is 20.4. The molecular formula is C26H25FOS. The van der Waals surface area contributed by atoms with Crippen LogP contribution in [0.3, 0.4) is 0 Å². The van der Waals surface area contributed by atoms with Crippen LogP contribution >= 0.6 is 12.2 Å². The summed E-state index contributed by atoms with van der Waals surface area (Å²) in [7, 11) is 0. The minimum absolute atomic E-state index is 0.269. The number of unbranched alkanes of at least 4 members (excludes halogenated alkanes) is 3. The van der Waals surface area contributed by atoms with Crippen molar-refractivity contribution in [3.05, 3.63) is 76.2 Å². The highest BCUT2D eigenvalue weighted by atomic mass is 32.1. The largest absolute Gasteiger partial charge is 0.441 e. The van der Waals surface area contributed by atoms with E-state index in [4.69, 9.17) is 16.6 Å². The summed E-state index contributed by atoms with van der Waals surface area (Å²) in [5.74, 6) is -0.269. The second-order valence-electron chi connectivity index (χ2n) is 7.74. The SMILES string of the molecule is CCCCCCc1ccc2c(oc(=S)c3cc(-c4ccc(C)cc4)ccc32)c1F. The van der Waals surface area contributed by atoms with Crippen LogP contribution in [0.1, 0.15) is 43.7 Å². The highest BCUT2D eigenvalue weighted by Crippen LogP contribution is 2.33. The topological polar surface area (TPSA) is 13.1 Å².